The number of carbonyl (C=O) groups is 2. The number of hydrogen-bond acceptors (Lipinski definition) is 5. The minimum Gasteiger partial charge on any atom is -0.360 e. The summed E-state index contributed by atoms with van der Waals surface area (Å²) in [6.07, 6.45) is 0.565. The van der Waals surface area contributed by atoms with E-state index >= 15 is 0 Å². The Labute approximate surface area is 140 Å². The summed E-state index contributed by atoms with van der Waals surface area (Å²) in [6.45, 7) is 1.55. The molecule has 1 aromatic carbocycles. The Kier molecular flexibility index (Phi) is 4.41. The standard InChI is InChI=1S/C15H12ClFN2O3S/c1-7-11(14(20)18-10-5-6-23-15(10)21)13(19-22-7)12-8(16)3-2-4-9(12)17/h2-4,10H,5-6H2,1H3,(H,18,20)/t10-/m1/s1. The van der Waals surface area contributed by atoms with Crippen LogP contribution in [-0.4, -0.2) is 28.0 Å². The van der Waals surface area contributed by atoms with Gasteiger partial charge in [0.15, 0.2) is 0 Å². The van der Waals surface area contributed by atoms with Gasteiger partial charge in [-0.2, -0.15) is 0 Å². The van der Waals surface area contributed by atoms with Crippen molar-refractivity contribution < 1.29 is 18.5 Å². The average Bonchev–Trinajstić information content (AvgIpc) is 3.06. The van der Waals surface area contributed by atoms with E-state index in [1.165, 1.54) is 30.0 Å². The lowest BCUT2D eigenvalue weighted by molar-refractivity contribution is -0.112. The Hall–Kier alpha value is -1.86. The fourth-order valence-corrected chi connectivity index (χ4v) is 3.58. The van der Waals surface area contributed by atoms with Crippen molar-refractivity contribution >= 4 is 34.4 Å². The molecule has 1 aliphatic rings. The van der Waals surface area contributed by atoms with Gasteiger partial charge in [-0.25, -0.2) is 4.39 Å². The van der Waals surface area contributed by atoms with E-state index in [9.17, 15) is 14.0 Å². The van der Waals surface area contributed by atoms with Gasteiger partial charge in [0.25, 0.3) is 5.91 Å². The topological polar surface area (TPSA) is 72.2 Å². The molecule has 1 fully saturated rings. The molecule has 8 heteroatoms. The van der Waals surface area contributed by atoms with E-state index in [-0.39, 0.29) is 32.7 Å². The zero-order chi connectivity index (χ0) is 16.6. The van der Waals surface area contributed by atoms with Gasteiger partial charge in [0, 0.05) is 5.75 Å². The van der Waals surface area contributed by atoms with Gasteiger partial charge in [0.05, 0.1) is 16.6 Å². The SMILES string of the molecule is Cc1onc(-c2c(F)cccc2Cl)c1C(=O)N[C@@H]1CCSC1=O. The van der Waals surface area contributed by atoms with Crippen LogP contribution in [0.1, 0.15) is 22.5 Å². The number of aryl methyl sites for hydroxylation is 1. The van der Waals surface area contributed by atoms with Crippen LogP contribution in [0.2, 0.25) is 5.02 Å². The summed E-state index contributed by atoms with van der Waals surface area (Å²) in [6, 6.07) is 3.64. The Morgan fingerprint density at radius 2 is 2.30 bits per heavy atom. The highest BCUT2D eigenvalue weighted by Crippen LogP contribution is 2.33. The second-order valence-corrected chi connectivity index (χ2v) is 6.55. The molecule has 0 unspecified atom stereocenters. The summed E-state index contributed by atoms with van der Waals surface area (Å²) in [5, 5.41) is 6.46. The zero-order valence-corrected chi connectivity index (χ0v) is 13.6. The number of nitrogens with zero attached hydrogens (tertiary/aromatic N) is 1. The van der Waals surface area contributed by atoms with Gasteiger partial charge in [-0.3, -0.25) is 9.59 Å². The third-order valence-corrected chi connectivity index (χ3v) is 4.85. The van der Waals surface area contributed by atoms with Crippen LogP contribution in [0, 0.1) is 12.7 Å². The van der Waals surface area contributed by atoms with E-state index < -0.39 is 17.8 Å². The molecule has 1 amide bonds. The molecule has 2 heterocycles. The first kappa shape index (κ1) is 16.0. The number of rotatable bonds is 3. The van der Waals surface area contributed by atoms with Gasteiger partial charge < -0.3 is 9.84 Å². The highest BCUT2D eigenvalue weighted by atomic mass is 35.5. The Bertz CT molecular complexity index is 773. The van der Waals surface area contributed by atoms with Crippen LogP contribution in [0.4, 0.5) is 4.39 Å². The van der Waals surface area contributed by atoms with E-state index in [0.29, 0.717) is 12.2 Å². The molecule has 1 saturated heterocycles. The smallest absolute Gasteiger partial charge is 0.257 e. The van der Waals surface area contributed by atoms with Gasteiger partial charge in [-0.15, -0.1) is 0 Å². The van der Waals surface area contributed by atoms with Gasteiger partial charge in [-0.1, -0.05) is 34.6 Å². The minimum absolute atomic E-state index is 0.00305. The average molecular weight is 355 g/mol. The van der Waals surface area contributed by atoms with Crippen LogP contribution in [0.3, 0.4) is 0 Å². The predicted octanol–water partition coefficient (Wildman–Crippen LogP) is 3.20. The molecule has 1 aliphatic heterocycles. The minimum atomic E-state index is -0.604. The van der Waals surface area contributed by atoms with Crippen LogP contribution < -0.4 is 5.32 Å². The van der Waals surface area contributed by atoms with E-state index in [1.807, 2.05) is 0 Å². The first-order valence-corrected chi connectivity index (χ1v) is 8.23. The van der Waals surface area contributed by atoms with E-state index in [2.05, 4.69) is 10.5 Å². The monoisotopic (exact) mass is 354 g/mol. The molecular formula is C15H12ClFN2O3S. The second-order valence-electron chi connectivity index (χ2n) is 5.04. The molecule has 0 radical (unpaired) electrons. The van der Waals surface area contributed by atoms with Crippen molar-refractivity contribution in [3.8, 4) is 11.3 Å². The Morgan fingerprint density at radius 3 is 2.96 bits per heavy atom. The van der Waals surface area contributed by atoms with Gasteiger partial charge >= 0.3 is 0 Å². The van der Waals surface area contributed by atoms with Crippen molar-refractivity contribution in [2.45, 2.75) is 19.4 Å². The fraction of sp³-hybridized carbons (Fsp3) is 0.267. The maximum absolute atomic E-state index is 14.1. The maximum atomic E-state index is 14.1. The van der Waals surface area contributed by atoms with Crippen LogP contribution in [0.15, 0.2) is 22.7 Å². The number of benzene rings is 1. The van der Waals surface area contributed by atoms with Crippen molar-refractivity contribution in [1.82, 2.24) is 10.5 Å². The number of carbonyl (C=O) groups excluding carboxylic acids is 2. The lowest BCUT2D eigenvalue weighted by Crippen LogP contribution is -2.37. The van der Waals surface area contributed by atoms with E-state index in [4.69, 9.17) is 16.1 Å². The van der Waals surface area contributed by atoms with Crippen molar-refractivity contribution in [3.63, 3.8) is 0 Å². The molecule has 2 aromatic rings. The number of halogens is 2. The first-order chi connectivity index (χ1) is 11.0. The molecule has 0 aliphatic carbocycles. The summed E-state index contributed by atoms with van der Waals surface area (Å²) in [7, 11) is 0. The van der Waals surface area contributed by atoms with E-state index in [0.717, 1.165) is 0 Å². The van der Waals surface area contributed by atoms with Crippen molar-refractivity contribution in [2.24, 2.45) is 0 Å². The highest BCUT2D eigenvalue weighted by Gasteiger charge is 2.31. The summed E-state index contributed by atoms with van der Waals surface area (Å²) in [5.41, 5.74) is 0.117. The number of hydrogen-bond donors (Lipinski definition) is 1. The predicted molar refractivity (Wildman–Crippen MR) is 85.0 cm³/mol. The van der Waals surface area contributed by atoms with Crippen LogP contribution in [0.5, 0.6) is 0 Å². The maximum Gasteiger partial charge on any atom is 0.257 e. The molecule has 0 saturated carbocycles. The molecular weight excluding hydrogens is 343 g/mol. The molecule has 1 N–H and O–H groups in total. The van der Waals surface area contributed by atoms with Crippen LogP contribution in [-0.2, 0) is 4.79 Å². The quantitative estimate of drug-likeness (QED) is 0.916. The van der Waals surface area contributed by atoms with Gasteiger partial charge in [0.1, 0.15) is 22.8 Å². The lowest BCUT2D eigenvalue weighted by Gasteiger charge is -2.11. The molecule has 120 valence electrons. The number of thioether (sulfide) groups is 1. The third-order valence-electron chi connectivity index (χ3n) is 3.53. The molecule has 23 heavy (non-hydrogen) atoms. The fourth-order valence-electron chi connectivity index (χ4n) is 2.39. The third kappa shape index (κ3) is 2.98. The van der Waals surface area contributed by atoms with E-state index in [1.54, 1.807) is 6.92 Å². The summed E-state index contributed by atoms with van der Waals surface area (Å²) in [4.78, 5) is 24.2. The normalized spacial score (nSPS) is 17.5. The number of aromatic nitrogens is 1. The molecule has 5 nitrogen and oxygen atoms in total. The molecule has 3 rings (SSSR count). The first-order valence-electron chi connectivity index (χ1n) is 6.87. The summed E-state index contributed by atoms with van der Waals surface area (Å²) < 4.78 is 19.1. The molecule has 0 spiro atoms. The highest BCUT2D eigenvalue weighted by molar-refractivity contribution is 8.14. The Morgan fingerprint density at radius 1 is 1.52 bits per heavy atom. The number of nitrogens with one attached hydrogen (secondary N) is 1. The van der Waals surface area contributed by atoms with Crippen LogP contribution >= 0.6 is 23.4 Å². The van der Waals surface area contributed by atoms with Crippen molar-refractivity contribution in [1.29, 1.82) is 0 Å². The summed E-state index contributed by atoms with van der Waals surface area (Å²) in [5.74, 6) is -0.237. The Balaban J connectivity index is 1.99. The largest absolute Gasteiger partial charge is 0.360 e. The van der Waals surface area contributed by atoms with Crippen LogP contribution in [0.25, 0.3) is 11.3 Å². The number of amides is 1. The zero-order valence-electron chi connectivity index (χ0n) is 12.1. The molecule has 1 atom stereocenters. The molecule has 1 aromatic heterocycles. The van der Waals surface area contributed by atoms with Crippen molar-refractivity contribution in [2.75, 3.05) is 5.75 Å². The van der Waals surface area contributed by atoms with Crippen molar-refractivity contribution in [3.05, 3.63) is 40.4 Å². The van der Waals surface area contributed by atoms with Gasteiger partial charge in [-0.05, 0) is 25.5 Å². The lowest BCUT2D eigenvalue weighted by atomic mass is 10.0. The second kappa shape index (κ2) is 6.33. The molecule has 0 bridgehead atoms. The summed E-state index contributed by atoms with van der Waals surface area (Å²) >= 11 is 7.21. The van der Waals surface area contributed by atoms with Gasteiger partial charge in [0.2, 0.25) is 5.12 Å².